The molecular weight excluding hydrogens is 194 g/mol. The Morgan fingerprint density at radius 3 is 0.429 bits per heavy atom. The largest absolute Gasteiger partial charge is 3.00 e. The molecule has 0 aromatic carbocycles. The molecule has 0 aromatic heterocycles. The second-order valence-corrected chi connectivity index (χ2v) is 0. The normalized spacial score (nSPS) is 1.71. The first-order chi connectivity index (χ1) is 3.00. The number of hydrogen-bond donors (Lipinski definition) is 0. The zero-order valence-electron chi connectivity index (χ0n) is 4.69. The first-order valence-corrected chi connectivity index (χ1v) is 1.50. The van der Waals surface area contributed by atoms with E-state index in [1.807, 2.05) is 0 Å². The molecule has 0 saturated carbocycles. The Hall–Kier alpha value is 0.0382. The summed E-state index contributed by atoms with van der Waals surface area (Å²) in [5, 5.41) is 0. The molecule has 0 N–H and O–H groups in total. The molecule has 0 nitrogen and oxygen atoms in total. The molecule has 0 aliphatic rings. The third-order valence-electron chi connectivity index (χ3n) is 0. The van der Waals surface area contributed by atoms with Crippen LogP contribution in [0.1, 0.15) is 0 Å². The van der Waals surface area contributed by atoms with Gasteiger partial charge in [-0.25, -0.2) is 0 Å². The quantitative estimate of drug-likeness (QED) is 0.420. The molecule has 0 spiro atoms. The average Bonchev–Trinajstić information content (AvgIpc) is 1.81. The zero-order valence-corrected chi connectivity index (χ0v) is 7.24. The van der Waals surface area contributed by atoms with Crippen molar-refractivity contribution in [2.24, 2.45) is 0 Å². The molecule has 0 rings (SSSR count). The average molecular weight is 206 g/mol. The first-order valence-electron chi connectivity index (χ1n) is 1.50. The summed E-state index contributed by atoms with van der Waals surface area (Å²) in [7, 11) is 0. The molecule has 0 unspecified atom stereocenters. The van der Waals surface area contributed by atoms with Gasteiger partial charge in [-0.3, -0.25) is 0 Å². The van der Waals surface area contributed by atoms with Crippen molar-refractivity contribution < 1.29 is 0 Å². The van der Waals surface area contributed by atoms with Gasteiger partial charge in [0, 0.05) is 0 Å². The van der Waals surface area contributed by atoms with Crippen molar-refractivity contribution in [2.45, 2.75) is 0 Å². The predicted molar refractivity (Wildman–Crippen MR) is 39.5 cm³/mol. The molecule has 0 aliphatic carbocycles. The van der Waals surface area contributed by atoms with Crippen LogP contribution in [0, 0.1) is 0 Å². The summed E-state index contributed by atoms with van der Waals surface area (Å²) in [5.74, 6) is 0. The van der Waals surface area contributed by atoms with Gasteiger partial charge < -0.3 is 0 Å². The fraction of sp³-hybridized carbons (Fsp3) is 0. The van der Waals surface area contributed by atoms with E-state index in [1.54, 1.807) is 0 Å². The Bertz CT molecular complexity index is 8.90. The Labute approximate surface area is 64.1 Å². The number of rotatable bonds is 0. The van der Waals surface area contributed by atoms with Crippen LogP contribution in [0.15, 0.2) is 39.5 Å². The van der Waals surface area contributed by atoms with Gasteiger partial charge in [-0.2, -0.15) is 0 Å². The SMILES string of the molecule is C=C.C=C.C=C.[Sb+3]. The van der Waals surface area contributed by atoms with Crippen LogP contribution in [-0.2, 0) is 0 Å². The molecule has 0 bridgehead atoms. The van der Waals surface area contributed by atoms with Crippen LogP contribution in [0.4, 0.5) is 0 Å². The van der Waals surface area contributed by atoms with E-state index >= 15 is 0 Å². The smallest absolute Gasteiger partial charge is 0.106 e. The molecule has 0 aromatic rings. The Balaban J connectivity index is -0.00000000900. The van der Waals surface area contributed by atoms with Gasteiger partial charge in [0.2, 0.25) is 0 Å². The standard InChI is InChI=1S/3C2H4.Sb/c3*1-2;/h3*1-2H2;/q;;;+3. The summed E-state index contributed by atoms with van der Waals surface area (Å²) in [6, 6.07) is 0. The Morgan fingerprint density at radius 1 is 0.429 bits per heavy atom. The molecule has 0 heterocycles. The maximum atomic E-state index is 3.00. The molecular formula is C6H12Sb+3. The van der Waals surface area contributed by atoms with E-state index in [1.165, 1.54) is 0 Å². The van der Waals surface area contributed by atoms with E-state index in [9.17, 15) is 0 Å². The van der Waals surface area contributed by atoms with Gasteiger partial charge in [0.25, 0.3) is 0 Å². The van der Waals surface area contributed by atoms with Crippen molar-refractivity contribution >= 4 is 24.4 Å². The van der Waals surface area contributed by atoms with Crippen molar-refractivity contribution in [1.82, 2.24) is 0 Å². The van der Waals surface area contributed by atoms with Crippen LogP contribution >= 0.6 is 0 Å². The minimum Gasteiger partial charge on any atom is -0.106 e. The molecule has 2 radical (unpaired) electrons. The van der Waals surface area contributed by atoms with Crippen molar-refractivity contribution in [2.75, 3.05) is 0 Å². The van der Waals surface area contributed by atoms with Gasteiger partial charge in [0.05, 0.1) is 0 Å². The van der Waals surface area contributed by atoms with Crippen LogP contribution in [0.25, 0.3) is 0 Å². The van der Waals surface area contributed by atoms with Gasteiger partial charge in [-0.05, 0) is 0 Å². The molecule has 0 fully saturated rings. The maximum absolute atomic E-state index is 3.00. The van der Waals surface area contributed by atoms with Crippen LogP contribution in [-0.4, -0.2) is 24.4 Å². The Morgan fingerprint density at radius 2 is 0.429 bits per heavy atom. The molecule has 0 aliphatic heterocycles. The van der Waals surface area contributed by atoms with Gasteiger partial charge in [0.15, 0.2) is 0 Å². The van der Waals surface area contributed by atoms with Crippen molar-refractivity contribution in [3.63, 3.8) is 0 Å². The molecule has 38 valence electrons. The van der Waals surface area contributed by atoms with Gasteiger partial charge in [-0.1, -0.05) is 0 Å². The van der Waals surface area contributed by atoms with E-state index in [4.69, 9.17) is 0 Å². The summed E-state index contributed by atoms with van der Waals surface area (Å²) in [4.78, 5) is 0. The summed E-state index contributed by atoms with van der Waals surface area (Å²) in [6.07, 6.45) is 0. The fourth-order valence-corrected chi connectivity index (χ4v) is 0. The van der Waals surface area contributed by atoms with E-state index in [2.05, 4.69) is 39.5 Å². The van der Waals surface area contributed by atoms with Gasteiger partial charge >= 0.3 is 24.4 Å². The minimum atomic E-state index is 0. The van der Waals surface area contributed by atoms with Crippen molar-refractivity contribution in [1.29, 1.82) is 0 Å². The minimum absolute atomic E-state index is 0. The van der Waals surface area contributed by atoms with Crippen LogP contribution in [0.2, 0.25) is 0 Å². The fourth-order valence-electron chi connectivity index (χ4n) is 0. The van der Waals surface area contributed by atoms with E-state index in [0.717, 1.165) is 0 Å². The monoisotopic (exact) mass is 205 g/mol. The van der Waals surface area contributed by atoms with E-state index < -0.39 is 0 Å². The summed E-state index contributed by atoms with van der Waals surface area (Å²) >= 11 is 0. The summed E-state index contributed by atoms with van der Waals surface area (Å²) in [5.41, 5.74) is 0. The van der Waals surface area contributed by atoms with Crippen molar-refractivity contribution in [3.8, 4) is 0 Å². The van der Waals surface area contributed by atoms with Crippen LogP contribution < -0.4 is 0 Å². The molecule has 7 heavy (non-hydrogen) atoms. The molecule has 0 amide bonds. The molecule has 0 atom stereocenters. The van der Waals surface area contributed by atoms with E-state index in [0.29, 0.717) is 0 Å². The predicted octanol–water partition coefficient (Wildman–Crippen LogP) is 2.03. The molecule has 1 heteroatoms. The maximum Gasteiger partial charge on any atom is 3.00 e. The molecule has 0 saturated heterocycles. The zero-order chi connectivity index (χ0) is 6.00. The topological polar surface area (TPSA) is 0 Å². The van der Waals surface area contributed by atoms with E-state index in [-0.39, 0.29) is 24.4 Å². The third kappa shape index (κ3) is 67500. The van der Waals surface area contributed by atoms with Gasteiger partial charge in [0.1, 0.15) is 0 Å². The Kier molecular flexibility index (Phi) is 418000. The second-order valence-electron chi connectivity index (χ2n) is 0. The summed E-state index contributed by atoms with van der Waals surface area (Å²) < 4.78 is 0. The third-order valence-corrected chi connectivity index (χ3v) is 0. The van der Waals surface area contributed by atoms with Crippen LogP contribution in [0.5, 0.6) is 0 Å². The van der Waals surface area contributed by atoms with Crippen LogP contribution in [0.3, 0.4) is 0 Å². The van der Waals surface area contributed by atoms with Gasteiger partial charge in [-0.15, -0.1) is 39.5 Å². The first kappa shape index (κ1) is 27.8. The van der Waals surface area contributed by atoms with Crippen molar-refractivity contribution in [3.05, 3.63) is 39.5 Å². The second kappa shape index (κ2) is 105000. The summed E-state index contributed by atoms with van der Waals surface area (Å²) in [6.45, 7) is 18.0. The number of hydrogen-bond acceptors (Lipinski definition) is 0.